The number of nitro groups is 1. The molecule has 0 fully saturated rings. The summed E-state index contributed by atoms with van der Waals surface area (Å²) in [6, 6.07) is 9.61. The molecule has 0 N–H and O–H groups in total. The van der Waals surface area contributed by atoms with Crippen LogP contribution in [0.4, 0.5) is 10.1 Å². The quantitative estimate of drug-likeness (QED) is 0.498. The highest BCUT2D eigenvalue weighted by Gasteiger charge is 2.15. The third-order valence-electron chi connectivity index (χ3n) is 3.28. The molecule has 0 radical (unpaired) electrons. The molecule has 0 unspecified atom stereocenters. The lowest BCUT2D eigenvalue weighted by Crippen LogP contribution is -1.99. The van der Waals surface area contributed by atoms with Gasteiger partial charge >= 0.3 is 0 Å². The lowest BCUT2D eigenvalue weighted by atomic mass is 10.2. The Bertz CT molecular complexity index is 895. The van der Waals surface area contributed by atoms with Gasteiger partial charge in [0.1, 0.15) is 5.82 Å². The van der Waals surface area contributed by atoms with Crippen molar-refractivity contribution in [3.8, 4) is 22.9 Å². The van der Waals surface area contributed by atoms with Crippen LogP contribution in [0.1, 0.15) is 5.89 Å². The average Bonchev–Trinajstić information content (AvgIpc) is 3.09. The minimum atomic E-state index is -0.536. The van der Waals surface area contributed by atoms with Crippen molar-refractivity contribution in [2.45, 2.75) is 6.61 Å². The van der Waals surface area contributed by atoms with Crippen molar-refractivity contribution in [1.29, 1.82) is 0 Å². The highest BCUT2D eigenvalue weighted by molar-refractivity contribution is 5.53. The first-order valence-electron chi connectivity index (χ1n) is 7.10. The van der Waals surface area contributed by atoms with E-state index in [9.17, 15) is 14.5 Å². The monoisotopic (exact) mass is 345 g/mol. The van der Waals surface area contributed by atoms with Gasteiger partial charge in [-0.25, -0.2) is 4.39 Å². The SMILES string of the molecule is COc1ccc([N+](=O)[O-])cc1OCc1nc(-c2ccc(F)cc2)no1. The number of halogens is 1. The third-order valence-corrected chi connectivity index (χ3v) is 3.28. The second-order valence-electron chi connectivity index (χ2n) is 4.90. The summed E-state index contributed by atoms with van der Waals surface area (Å²) in [7, 11) is 1.42. The zero-order valence-corrected chi connectivity index (χ0v) is 13.0. The second kappa shape index (κ2) is 6.95. The van der Waals surface area contributed by atoms with E-state index in [1.54, 1.807) is 0 Å². The fourth-order valence-electron chi connectivity index (χ4n) is 2.06. The summed E-state index contributed by atoms with van der Waals surface area (Å²) in [5, 5.41) is 14.6. The molecule has 0 aliphatic carbocycles. The van der Waals surface area contributed by atoms with E-state index in [-0.39, 0.29) is 35.6 Å². The van der Waals surface area contributed by atoms with E-state index in [4.69, 9.17) is 14.0 Å². The lowest BCUT2D eigenvalue weighted by Gasteiger charge is -2.08. The molecule has 0 aliphatic heterocycles. The van der Waals surface area contributed by atoms with Crippen LogP contribution >= 0.6 is 0 Å². The van der Waals surface area contributed by atoms with Crippen LogP contribution in [0.25, 0.3) is 11.4 Å². The molecular formula is C16H12FN3O5. The normalized spacial score (nSPS) is 10.5. The first-order chi connectivity index (χ1) is 12.1. The molecule has 0 saturated heterocycles. The van der Waals surface area contributed by atoms with Crippen LogP contribution < -0.4 is 9.47 Å². The molecular weight excluding hydrogens is 333 g/mol. The van der Waals surface area contributed by atoms with Crippen molar-refractivity contribution in [1.82, 2.24) is 10.1 Å². The predicted octanol–water partition coefficient (Wildman–Crippen LogP) is 3.37. The summed E-state index contributed by atoms with van der Waals surface area (Å²) < 4.78 is 28.6. The van der Waals surface area contributed by atoms with E-state index < -0.39 is 4.92 Å². The second-order valence-corrected chi connectivity index (χ2v) is 4.90. The van der Waals surface area contributed by atoms with Gasteiger partial charge in [-0.3, -0.25) is 10.1 Å². The van der Waals surface area contributed by atoms with Gasteiger partial charge in [0.25, 0.3) is 11.6 Å². The van der Waals surface area contributed by atoms with Crippen LogP contribution in [-0.2, 0) is 6.61 Å². The van der Waals surface area contributed by atoms with Crippen molar-refractivity contribution in [2.24, 2.45) is 0 Å². The van der Waals surface area contributed by atoms with Crippen molar-refractivity contribution >= 4 is 5.69 Å². The Kier molecular flexibility index (Phi) is 4.55. The summed E-state index contributed by atoms with van der Waals surface area (Å²) in [5.41, 5.74) is 0.456. The zero-order chi connectivity index (χ0) is 17.8. The number of nitrogens with zero attached hydrogens (tertiary/aromatic N) is 3. The summed E-state index contributed by atoms with van der Waals surface area (Å²) in [6.07, 6.45) is 0. The summed E-state index contributed by atoms with van der Waals surface area (Å²) in [6.45, 7) is -0.105. The van der Waals surface area contributed by atoms with E-state index in [2.05, 4.69) is 10.1 Å². The van der Waals surface area contributed by atoms with E-state index >= 15 is 0 Å². The van der Waals surface area contributed by atoms with E-state index in [1.165, 1.54) is 49.6 Å². The summed E-state index contributed by atoms with van der Waals surface area (Å²) >= 11 is 0. The molecule has 0 saturated carbocycles. The van der Waals surface area contributed by atoms with E-state index in [0.29, 0.717) is 11.3 Å². The van der Waals surface area contributed by atoms with Crippen molar-refractivity contribution in [3.05, 3.63) is 64.3 Å². The van der Waals surface area contributed by atoms with Crippen LogP contribution in [0.2, 0.25) is 0 Å². The fraction of sp³-hybridized carbons (Fsp3) is 0.125. The number of rotatable bonds is 6. The topological polar surface area (TPSA) is 101 Å². The van der Waals surface area contributed by atoms with Gasteiger partial charge in [-0.1, -0.05) is 5.16 Å². The van der Waals surface area contributed by atoms with Crippen molar-refractivity contribution in [3.63, 3.8) is 0 Å². The highest BCUT2D eigenvalue weighted by Crippen LogP contribution is 2.31. The standard InChI is InChI=1S/C16H12FN3O5/c1-23-13-7-6-12(20(21)22)8-14(13)24-9-15-18-16(19-25-15)10-2-4-11(17)5-3-10/h2-8H,9H2,1H3. The smallest absolute Gasteiger partial charge is 0.273 e. The number of ether oxygens (including phenoxy) is 2. The van der Waals surface area contributed by atoms with Crippen LogP contribution in [0.15, 0.2) is 47.0 Å². The van der Waals surface area contributed by atoms with Gasteiger partial charge in [0.2, 0.25) is 5.82 Å². The van der Waals surface area contributed by atoms with Crippen LogP contribution in [-0.4, -0.2) is 22.2 Å². The van der Waals surface area contributed by atoms with Gasteiger partial charge in [0.05, 0.1) is 18.1 Å². The largest absolute Gasteiger partial charge is 0.493 e. The number of nitro benzene ring substituents is 1. The van der Waals surface area contributed by atoms with E-state index in [1.807, 2.05) is 0 Å². The number of methoxy groups -OCH3 is 1. The van der Waals surface area contributed by atoms with Crippen molar-refractivity contribution in [2.75, 3.05) is 7.11 Å². The maximum Gasteiger partial charge on any atom is 0.273 e. The first-order valence-corrected chi connectivity index (χ1v) is 7.10. The Hall–Kier alpha value is -3.49. The first kappa shape index (κ1) is 16.4. The van der Waals surface area contributed by atoms with E-state index in [0.717, 1.165) is 0 Å². The maximum atomic E-state index is 12.9. The number of benzene rings is 2. The van der Waals surface area contributed by atoms with Gasteiger partial charge in [-0.05, 0) is 30.3 Å². The molecule has 3 aromatic rings. The molecule has 2 aromatic carbocycles. The van der Waals surface area contributed by atoms with Crippen LogP contribution in [0.5, 0.6) is 11.5 Å². The minimum Gasteiger partial charge on any atom is -0.493 e. The van der Waals surface area contributed by atoms with Gasteiger partial charge < -0.3 is 14.0 Å². The molecule has 8 nitrogen and oxygen atoms in total. The summed E-state index contributed by atoms with van der Waals surface area (Å²) in [5.74, 6) is 0.591. The zero-order valence-electron chi connectivity index (χ0n) is 13.0. The molecule has 25 heavy (non-hydrogen) atoms. The van der Waals surface area contributed by atoms with Crippen LogP contribution in [0.3, 0.4) is 0 Å². The molecule has 0 atom stereocenters. The predicted molar refractivity (Wildman–Crippen MR) is 83.7 cm³/mol. The number of hydrogen-bond acceptors (Lipinski definition) is 7. The molecule has 1 heterocycles. The Balaban J connectivity index is 1.75. The molecule has 128 valence electrons. The Morgan fingerprint density at radius 2 is 1.96 bits per heavy atom. The van der Waals surface area contributed by atoms with Gasteiger partial charge in [-0.15, -0.1) is 0 Å². The average molecular weight is 345 g/mol. The fourth-order valence-corrected chi connectivity index (χ4v) is 2.06. The lowest BCUT2D eigenvalue weighted by molar-refractivity contribution is -0.385. The van der Waals surface area contributed by atoms with Gasteiger partial charge in [0, 0.05) is 11.6 Å². The van der Waals surface area contributed by atoms with Gasteiger partial charge in [0.15, 0.2) is 18.1 Å². The minimum absolute atomic E-state index is 0.105. The summed E-state index contributed by atoms with van der Waals surface area (Å²) in [4.78, 5) is 14.5. The third kappa shape index (κ3) is 3.71. The molecule has 3 rings (SSSR count). The molecule has 0 amide bonds. The van der Waals surface area contributed by atoms with Gasteiger partial charge in [-0.2, -0.15) is 4.98 Å². The Morgan fingerprint density at radius 1 is 1.20 bits per heavy atom. The molecule has 0 bridgehead atoms. The number of non-ortho nitro benzene ring substituents is 1. The molecule has 1 aromatic heterocycles. The highest BCUT2D eigenvalue weighted by atomic mass is 19.1. The number of aromatic nitrogens is 2. The Morgan fingerprint density at radius 3 is 2.64 bits per heavy atom. The van der Waals surface area contributed by atoms with Crippen molar-refractivity contribution < 1.29 is 23.3 Å². The van der Waals surface area contributed by atoms with Crippen LogP contribution in [0, 0.1) is 15.9 Å². The Labute approximate surface area is 141 Å². The number of hydrogen-bond donors (Lipinski definition) is 0. The molecule has 0 spiro atoms. The maximum absolute atomic E-state index is 12.9. The molecule has 9 heteroatoms. The molecule has 0 aliphatic rings.